The topological polar surface area (TPSA) is 38.0 Å². The van der Waals surface area contributed by atoms with Gasteiger partial charge in [-0.1, -0.05) is 20.3 Å². The minimum absolute atomic E-state index is 0.306. The summed E-state index contributed by atoms with van der Waals surface area (Å²) in [6.07, 6.45) is 7.50. The zero-order valence-electron chi connectivity index (χ0n) is 9.56. The van der Waals surface area contributed by atoms with E-state index in [1.165, 1.54) is 12.8 Å². The Morgan fingerprint density at radius 2 is 2.33 bits per heavy atom. The molecule has 84 valence electrons. The van der Waals surface area contributed by atoms with Gasteiger partial charge in [0.1, 0.15) is 5.82 Å². The summed E-state index contributed by atoms with van der Waals surface area (Å²) >= 11 is 0. The average Bonchev–Trinajstić information content (AvgIpc) is 2.85. The Labute approximate surface area is 91.1 Å². The first-order chi connectivity index (χ1) is 7.24. The fourth-order valence-corrected chi connectivity index (χ4v) is 2.65. The standard InChI is InChI=1S/C12H20N2O/c1-9(2)12-13-6-7-14(12)11-5-3-4-10(11)8-15/h6-7,9-11,15H,3-5,8H2,1-2H3/t10-,11-/m0/s1. The SMILES string of the molecule is CC(C)c1nccn1[C@H]1CCC[C@H]1CO. The Morgan fingerprint density at radius 1 is 1.53 bits per heavy atom. The molecule has 1 N–H and O–H groups in total. The van der Waals surface area contributed by atoms with Gasteiger partial charge in [0.25, 0.3) is 0 Å². The molecule has 1 fully saturated rings. The number of nitrogens with zero attached hydrogens (tertiary/aromatic N) is 2. The number of rotatable bonds is 3. The summed E-state index contributed by atoms with van der Waals surface area (Å²) in [6, 6.07) is 0.468. The van der Waals surface area contributed by atoms with Crippen molar-refractivity contribution in [3.8, 4) is 0 Å². The maximum Gasteiger partial charge on any atom is 0.111 e. The number of aromatic nitrogens is 2. The number of hydrogen-bond acceptors (Lipinski definition) is 2. The second-order valence-corrected chi connectivity index (χ2v) is 4.79. The van der Waals surface area contributed by atoms with Crippen molar-refractivity contribution in [2.45, 2.75) is 45.1 Å². The van der Waals surface area contributed by atoms with E-state index in [1.807, 2.05) is 6.20 Å². The Morgan fingerprint density at radius 3 is 3.00 bits per heavy atom. The van der Waals surface area contributed by atoms with Crippen molar-refractivity contribution in [3.05, 3.63) is 18.2 Å². The van der Waals surface area contributed by atoms with Crippen LogP contribution >= 0.6 is 0 Å². The van der Waals surface area contributed by atoms with Crippen LogP contribution in [0.25, 0.3) is 0 Å². The maximum absolute atomic E-state index is 9.33. The molecule has 1 aliphatic carbocycles. The van der Waals surface area contributed by atoms with E-state index in [0.29, 0.717) is 24.5 Å². The van der Waals surface area contributed by atoms with Gasteiger partial charge < -0.3 is 9.67 Å². The highest BCUT2D eigenvalue weighted by Gasteiger charge is 2.29. The number of aliphatic hydroxyl groups is 1. The highest BCUT2D eigenvalue weighted by atomic mass is 16.3. The largest absolute Gasteiger partial charge is 0.396 e. The molecule has 1 saturated carbocycles. The van der Waals surface area contributed by atoms with Gasteiger partial charge in [-0.3, -0.25) is 0 Å². The summed E-state index contributed by atoms with van der Waals surface area (Å²) in [5, 5.41) is 9.33. The lowest BCUT2D eigenvalue weighted by Crippen LogP contribution is -2.19. The van der Waals surface area contributed by atoms with E-state index in [4.69, 9.17) is 0 Å². The number of aliphatic hydroxyl groups excluding tert-OH is 1. The molecule has 2 rings (SSSR count). The third-order valence-corrected chi connectivity index (χ3v) is 3.43. The van der Waals surface area contributed by atoms with Gasteiger partial charge in [-0.05, 0) is 12.8 Å². The van der Waals surface area contributed by atoms with Gasteiger partial charge in [0.15, 0.2) is 0 Å². The molecular weight excluding hydrogens is 188 g/mol. The van der Waals surface area contributed by atoms with Crippen molar-refractivity contribution < 1.29 is 5.11 Å². The summed E-state index contributed by atoms with van der Waals surface area (Å²) in [7, 11) is 0. The van der Waals surface area contributed by atoms with Crippen LogP contribution in [-0.4, -0.2) is 21.3 Å². The van der Waals surface area contributed by atoms with Crippen molar-refractivity contribution in [2.24, 2.45) is 5.92 Å². The molecule has 2 atom stereocenters. The lowest BCUT2D eigenvalue weighted by atomic mass is 10.0. The quantitative estimate of drug-likeness (QED) is 0.828. The van der Waals surface area contributed by atoms with Crippen molar-refractivity contribution in [3.63, 3.8) is 0 Å². The fourth-order valence-electron chi connectivity index (χ4n) is 2.65. The van der Waals surface area contributed by atoms with Crippen LogP contribution in [0, 0.1) is 5.92 Å². The molecule has 0 aliphatic heterocycles. The summed E-state index contributed by atoms with van der Waals surface area (Å²) in [4.78, 5) is 4.41. The van der Waals surface area contributed by atoms with Crippen LogP contribution in [0.3, 0.4) is 0 Å². The number of imidazole rings is 1. The minimum Gasteiger partial charge on any atom is -0.396 e. The first kappa shape index (κ1) is 10.7. The monoisotopic (exact) mass is 208 g/mol. The molecule has 15 heavy (non-hydrogen) atoms. The molecular formula is C12H20N2O. The normalized spacial score (nSPS) is 26.4. The zero-order chi connectivity index (χ0) is 10.8. The smallest absolute Gasteiger partial charge is 0.111 e. The summed E-state index contributed by atoms with van der Waals surface area (Å²) < 4.78 is 2.28. The van der Waals surface area contributed by atoms with Crippen molar-refractivity contribution in [2.75, 3.05) is 6.61 Å². The Bertz CT molecular complexity index is 319. The highest BCUT2D eigenvalue weighted by molar-refractivity contribution is 5.02. The molecule has 1 heterocycles. The first-order valence-corrected chi connectivity index (χ1v) is 5.87. The molecule has 0 spiro atoms. The maximum atomic E-state index is 9.33. The van der Waals surface area contributed by atoms with Gasteiger partial charge >= 0.3 is 0 Å². The Balaban J connectivity index is 2.24. The average molecular weight is 208 g/mol. The second kappa shape index (κ2) is 4.35. The third kappa shape index (κ3) is 1.93. The van der Waals surface area contributed by atoms with Crippen LogP contribution in [0.2, 0.25) is 0 Å². The van der Waals surface area contributed by atoms with Crippen molar-refractivity contribution in [1.29, 1.82) is 0 Å². The summed E-state index contributed by atoms with van der Waals surface area (Å²) in [5.74, 6) is 2.04. The molecule has 1 aromatic rings. The van der Waals surface area contributed by atoms with Crippen LogP contribution < -0.4 is 0 Å². The zero-order valence-corrected chi connectivity index (χ0v) is 9.56. The Kier molecular flexibility index (Phi) is 3.10. The molecule has 1 aliphatic rings. The van der Waals surface area contributed by atoms with Crippen LogP contribution in [0.15, 0.2) is 12.4 Å². The van der Waals surface area contributed by atoms with E-state index >= 15 is 0 Å². The van der Waals surface area contributed by atoms with Crippen LogP contribution in [0.4, 0.5) is 0 Å². The lowest BCUT2D eigenvalue weighted by Gasteiger charge is -2.22. The van der Waals surface area contributed by atoms with Crippen LogP contribution in [0.5, 0.6) is 0 Å². The fraction of sp³-hybridized carbons (Fsp3) is 0.750. The molecule has 0 amide bonds. The van der Waals surface area contributed by atoms with E-state index in [2.05, 4.69) is 29.6 Å². The molecule has 0 radical (unpaired) electrons. The van der Waals surface area contributed by atoms with E-state index in [1.54, 1.807) is 0 Å². The first-order valence-electron chi connectivity index (χ1n) is 5.87. The third-order valence-electron chi connectivity index (χ3n) is 3.43. The molecule has 0 saturated heterocycles. The van der Waals surface area contributed by atoms with Gasteiger partial charge in [-0.25, -0.2) is 4.98 Å². The minimum atomic E-state index is 0.306. The lowest BCUT2D eigenvalue weighted by molar-refractivity contribution is 0.194. The predicted octanol–water partition coefficient (Wildman–Crippen LogP) is 2.34. The molecule has 3 heteroatoms. The van der Waals surface area contributed by atoms with Gasteiger partial charge in [0.2, 0.25) is 0 Å². The van der Waals surface area contributed by atoms with E-state index in [0.717, 1.165) is 12.2 Å². The van der Waals surface area contributed by atoms with E-state index in [-0.39, 0.29) is 0 Å². The van der Waals surface area contributed by atoms with Gasteiger partial charge in [-0.15, -0.1) is 0 Å². The van der Waals surface area contributed by atoms with Gasteiger partial charge in [0, 0.05) is 36.9 Å². The summed E-state index contributed by atoms with van der Waals surface area (Å²) in [6.45, 7) is 4.64. The predicted molar refractivity (Wildman–Crippen MR) is 59.8 cm³/mol. The van der Waals surface area contributed by atoms with E-state index in [9.17, 15) is 5.11 Å². The molecule has 0 aromatic carbocycles. The van der Waals surface area contributed by atoms with E-state index < -0.39 is 0 Å². The Hall–Kier alpha value is -0.830. The number of hydrogen-bond donors (Lipinski definition) is 1. The van der Waals surface area contributed by atoms with Crippen LogP contribution in [-0.2, 0) is 0 Å². The van der Waals surface area contributed by atoms with Crippen molar-refractivity contribution in [1.82, 2.24) is 9.55 Å². The summed E-state index contributed by atoms with van der Waals surface area (Å²) in [5.41, 5.74) is 0. The molecule has 1 aromatic heterocycles. The van der Waals surface area contributed by atoms with Gasteiger partial charge in [0.05, 0.1) is 0 Å². The second-order valence-electron chi connectivity index (χ2n) is 4.79. The molecule has 3 nitrogen and oxygen atoms in total. The van der Waals surface area contributed by atoms with Crippen LogP contribution in [0.1, 0.15) is 50.9 Å². The molecule has 0 bridgehead atoms. The van der Waals surface area contributed by atoms with Gasteiger partial charge in [-0.2, -0.15) is 0 Å². The highest BCUT2D eigenvalue weighted by Crippen LogP contribution is 2.36. The van der Waals surface area contributed by atoms with Crippen molar-refractivity contribution >= 4 is 0 Å². The molecule has 0 unspecified atom stereocenters.